The molecule has 0 unspecified atom stereocenters. The summed E-state index contributed by atoms with van der Waals surface area (Å²) in [5.41, 5.74) is 1.49. The van der Waals surface area contributed by atoms with Crippen LogP contribution in [0.15, 0.2) is 24.3 Å². The molecule has 0 spiro atoms. The molecular formula is C13H17F. The lowest BCUT2D eigenvalue weighted by atomic mass is 9.92. The summed E-state index contributed by atoms with van der Waals surface area (Å²) in [6.45, 7) is 2.06. The molecular weight excluding hydrogens is 175 g/mol. The summed E-state index contributed by atoms with van der Waals surface area (Å²) >= 11 is 0. The monoisotopic (exact) mass is 192 g/mol. The molecule has 0 amide bonds. The molecule has 76 valence electrons. The molecule has 2 rings (SSSR count). The van der Waals surface area contributed by atoms with E-state index in [-0.39, 0.29) is 0 Å². The number of halogens is 1. The Morgan fingerprint density at radius 2 is 1.86 bits per heavy atom. The molecule has 0 heterocycles. The van der Waals surface area contributed by atoms with Crippen LogP contribution in [0.25, 0.3) is 0 Å². The molecule has 1 fully saturated rings. The van der Waals surface area contributed by atoms with E-state index in [9.17, 15) is 4.39 Å². The maximum Gasteiger partial charge on any atom is 0.115 e. The van der Waals surface area contributed by atoms with Crippen molar-refractivity contribution in [3.63, 3.8) is 0 Å². The van der Waals surface area contributed by atoms with Gasteiger partial charge in [-0.2, -0.15) is 0 Å². The quantitative estimate of drug-likeness (QED) is 0.668. The van der Waals surface area contributed by atoms with Gasteiger partial charge in [0.15, 0.2) is 0 Å². The van der Waals surface area contributed by atoms with Crippen molar-refractivity contribution in [1.29, 1.82) is 0 Å². The molecule has 0 aliphatic heterocycles. The Balaban J connectivity index is 2.14. The second-order valence-electron chi connectivity index (χ2n) is 4.46. The summed E-state index contributed by atoms with van der Waals surface area (Å²) in [5.74, 6) is 0. The molecule has 0 aromatic heterocycles. The predicted molar refractivity (Wildman–Crippen MR) is 57.2 cm³/mol. The Morgan fingerprint density at radius 3 is 2.50 bits per heavy atom. The Bertz CT molecular complexity index is 311. The van der Waals surface area contributed by atoms with Crippen molar-refractivity contribution >= 4 is 0 Å². The molecule has 1 aromatic carbocycles. The van der Waals surface area contributed by atoms with E-state index in [2.05, 4.69) is 19.1 Å². The summed E-state index contributed by atoms with van der Waals surface area (Å²) in [4.78, 5) is 0. The average Bonchev–Trinajstić information content (AvgIpc) is 2.57. The van der Waals surface area contributed by atoms with Crippen molar-refractivity contribution < 1.29 is 4.39 Å². The van der Waals surface area contributed by atoms with Crippen molar-refractivity contribution in [2.24, 2.45) is 0 Å². The molecule has 0 nitrogen and oxygen atoms in total. The zero-order valence-electron chi connectivity index (χ0n) is 8.72. The van der Waals surface area contributed by atoms with E-state index in [1.807, 2.05) is 12.1 Å². The second kappa shape index (κ2) is 3.72. The molecule has 1 aliphatic carbocycles. The van der Waals surface area contributed by atoms with Gasteiger partial charge in [0.25, 0.3) is 0 Å². The highest BCUT2D eigenvalue weighted by Gasteiger charge is 2.33. The van der Waals surface area contributed by atoms with Gasteiger partial charge in [-0.25, -0.2) is 4.39 Å². The molecule has 1 saturated carbocycles. The van der Waals surface area contributed by atoms with Crippen molar-refractivity contribution in [3.8, 4) is 0 Å². The highest BCUT2D eigenvalue weighted by molar-refractivity contribution is 5.27. The van der Waals surface area contributed by atoms with Crippen LogP contribution in [0.3, 0.4) is 0 Å². The fourth-order valence-electron chi connectivity index (χ4n) is 2.34. The van der Waals surface area contributed by atoms with Gasteiger partial charge in [0, 0.05) is 6.42 Å². The van der Waals surface area contributed by atoms with Crippen molar-refractivity contribution in [1.82, 2.24) is 0 Å². The van der Waals surface area contributed by atoms with Gasteiger partial charge in [-0.3, -0.25) is 0 Å². The zero-order valence-corrected chi connectivity index (χ0v) is 8.72. The molecule has 1 aromatic rings. The lowest BCUT2D eigenvalue weighted by Gasteiger charge is -2.19. The largest absolute Gasteiger partial charge is 0.244 e. The van der Waals surface area contributed by atoms with Crippen LogP contribution in [0.1, 0.15) is 36.8 Å². The third kappa shape index (κ3) is 1.97. The zero-order chi connectivity index (χ0) is 10.0. The number of rotatable bonds is 2. The highest BCUT2D eigenvalue weighted by atomic mass is 19.1. The molecule has 0 radical (unpaired) electrons. The van der Waals surface area contributed by atoms with E-state index in [0.29, 0.717) is 6.42 Å². The van der Waals surface area contributed by atoms with Crippen LogP contribution >= 0.6 is 0 Å². The summed E-state index contributed by atoms with van der Waals surface area (Å²) in [7, 11) is 0. The Hall–Kier alpha value is -0.850. The first-order valence-electron chi connectivity index (χ1n) is 5.43. The summed E-state index contributed by atoms with van der Waals surface area (Å²) < 4.78 is 14.2. The number of aryl methyl sites for hydroxylation is 1. The third-order valence-electron chi connectivity index (χ3n) is 3.27. The van der Waals surface area contributed by atoms with E-state index in [0.717, 1.165) is 25.7 Å². The number of hydrogen-bond donors (Lipinski definition) is 0. The normalized spacial score (nSPS) is 19.9. The van der Waals surface area contributed by atoms with Gasteiger partial charge in [0.2, 0.25) is 0 Å². The number of alkyl halides is 1. The Labute approximate surface area is 85.1 Å². The Kier molecular flexibility index (Phi) is 2.58. The minimum atomic E-state index is -0.911. The van der Waals surface area contributed by atoms with Gasteiger partial charge >= 0.3 is 0 Å². The van der Waals surface area contributed by atoms with Gasteiger partial charge in [-0.05, 0) is 30.9 Å². The molecule has 0 saturated heterocycles. The number of hydrogen-bond acceptors (Lipinski definition) is 0. The van der Waals surface area contributed by atoms with E-state index in [1.165, 1.54) is 11.1 Å². The first-order chi connectivity index (χ1) is 6.70. The van der Waals surface area contributed by atoms with E-state index < -0.39 is 5.67 Å². The van der Waals surface area contributed by atoms with Gasteiger partial charge in [0.05, 0.1) is 0 Å². The fourth-order valence-corrected chi connectivity index (χ4v) is 2.34. The van der Waals surface area contributed by atoms with E-state index in [4.69, 9.17) is 0 Å². The third-order valence-corrected chi connectivity index (χ3v) is 3.27. The maximum absolute atomic E-state index is 14.2. The van der Waals surface area contributed by atoms with Crippen LogP contribution in [0, 0.1) is 6.92 Å². The summed E-state index contributed by atoms with van der Waals surface area (Å²) in [6.07, 6.45) is 4.23. The van der Waals surface area contributed by atoms with Crippen LogP contribution in [-0.4, -0.2) is 5.67 Å². The first kappa shape index (κ1) is 9.70. The Morgan fingerprint density at radius 1 is 1.21 bits per heavy atom. The molecule has 14 heavy (non-hydrogen) atoms. The molecule has 0 N–H and O–H groups in total. The van der Waals surface area contributed by atoms with Gasteiger partial charge < -0.3 is 0 Å². The van der Waals surface area contributed by atoms with Crippen molar-refractivity contribution in [2.45, 2.75) is 44.7 Å². The lowest BCUT2D eigenvalue weighted by Crippen LogP contribution is -2.21. The molecule has 0 bridgehead atoms. The van der Waals surface area contributed by atoms with Crippen LogP contribution in [0.4, 0.5) is 4.39 Å². The first-order valence-corrected chi connectivity index (χ1v) is 5.43. The van der Waals surface area contributed by atoms with Crippen LogP contribution in [0.5, 0.6) is 0 Å². The SMILES string of the molecule is Cc1ccccc1CC1(F)CCCC1. The molecule has 1 aliphatic rings. The molecule has 0 atom stereocenters. The summed E-state index contributed by atoms with van der Waals surface area (Å²) in [6, 6.07) is 8.13. The lowest BCUT2D eigenvalue weighted by molar-refractivity contribution is 0.172. The minimum Gasteiger partial charge on any atom is -0.244 e. The van der Waals surface area contributed by atoms with Gasteiger partial charge in [-0.1, -0.05) is 37.1 Å². The fraction of sp³-hybridized carbons (Fsp3) is 0.538. The second-order valence-corrected chi connectivity index (χ2v) is 4.46. The standard InChI is InChI=1S/C13H17F/c1-11-6-2-3-7-12(11)10-13(14)8-4-5-9-13/h2-3,6-7H,4-5,8-10H2,1H3. The average molecular weight is 192 g/mol. The van der Waals surface area contributed by atoms with Crippen molar-refractivity contribution in [2.75, 3.05) is 0 Å². The van der Waals surface area contributed by atoms with Crippen LogP contribution in [-0.2, 0) is 6.42 Å². The van der Waals surface area contributed by atoms with Crippen LogP contribution in [0.2, 0.25) is 0 Å². The molecule has 1 heteroatoms. The number of benzene rings is 1. The van der Waals surface area contributed by atoms with Crippen molar-refractivity contribution in [3.05, 3.63) is 35.4 Å². The topological polar surface area (TPSA) is 0 Å². The summed E-state index contributed by atoms with van der Waals surface area (Å²) in [5, 5.41) is 0. The van der Waals surface area contributed by atoms with E-state index in [1.54, 1.807) is 0 Å². The minimum absolute atomic E-state index is 0.611. The van der Waals surface area contributed by atoms with Gasteiger partial charge in [-0.15, -0.1) is 0 Å². The predicted octanol–water partition coefficient (Wildman–Crippen LogP) is 3.82. The van der Waals surface area contributed by atoms with Crippen LogP contribution < -0.4 is 0 Å². The van der Waals surface area contributed by atoms with Gasteiger partial charge in [0.1, 0.15) is 5.67 Å². The smallest absolute Gasteiger partial charge is 0.115 e. The van der Waals surface area contributed by atoms with E-state index >= 15 is 0 Å². The maximum atomic E-state index is 14.2. The highest BCUT2D eigenvalue weighted by Crippen LogP contribution is 2.36.